The minimum Gasteiger partial charge on any atom is -0.460 e. The number of benzene rings is 1. The molecule has 1 aromatic heterocycles. The predicted octanol–water partition coefficient (Wildman–Crippen LogP) is 3.28. The molecule has 3 atom stereocenters. The van der Waals surface area contributed by atoms with E-state index in [1.807, 2.05) is 49.2 Å². The Morgan fingerprint density at radius 2 is 1.96 bits per heavy atom. The van der Waals surface area contributed by atoms with Crippen LogP contribution in [0.5, 0.6) is 0 Å². The molecule has 2 aromatic rings. The summed E-state index contributed by atoms with van der Waals surface area (Å²) in [6.45, 7) is 1.95. The second kappa shape index (κ2) is 5.68. The van der Waals surface area contributed by atoms with Gasteiger partial charge in [-0.1, -0.05) is 18.2 Å². The summed E-state index contributed by atoms with van der Waals surface area (Å²) in [6.07, 6.45) is 4.65. The van der Waals surface area contributed by atoms with Crippen LogP contribution in [0.3, 0.4) is 0 Å². The molecule has 4 heteroatoms. The summed E-state index contributed by atoms with van der Waals surface area (Å²) in [4.78, 5) is 14.9. The molecule has 3 unspecified atom stereocenters. The lowest BCUT2D eigenvalue weighted by atomic mass is 9.97. The first-order valence-corrected chi connectivity index (χ1v) is 8.63. The monoisotopic (exact) mass is 312 g/mol. The Labute approximate surface area is 136 Å². The molecular weight excluding hydrogens is 288 g/mol. The molecule has 1 amide bonds. The van der Waals surface area contributed by atoms with Gasteiger partial charge in [-0.25, -0.2) is 0 Å². The lowest BCUT2D eigenvalue weighted by molar-refractivity contribution is -0.134. The van der Waals surface area contributed by atoms with Gasteiger partial charge in [0.25, 0.3) is 0 Å². The van der Waals surface area contributed by atoms with Crippen molar-refractivity contribution in [2.45, 2.75) is 56.7 Å². The Balaban J connectivity index is 1.51. The highest BCUT2D eigenvalue weighted by Gasteiger charge is 2.37. The predicted molar refractivity (Wildman–Crippen MR) is 90.4 cm³/mol. The molecule has 3 heterocycles. The molecular formula is C19H24N2O2. The number of piperidine rings is 1. The summed E-state index contributed by atoms with van der Waals surface area (Å²) in [5.74, 6) is 0.690. The summed E-state index contributed by atoms with van der Waals surface area (Å²) >= 11 is 0. The van der Waals surface area contributed by atoms with Gasteiger partial charge in [0.2, 0.25) is 5.91 Å². The molecule has 4 rings (SSSR count). The van der Waals surface area contributed by atoms with Crippen molar-refractivity contribution >= 4 is 16.9 Å². The highest BCUT2D eigenvalue weighted by atomic mass is 16.3. The Morgan fingerprint density at radius 3 is 2.65 bits per heavy atom. The number of fused-ring (bicyclic) bond motifs is 3. The van der Waals surface area contributed by atoms with Gasteiger partial charge in [0.05, 0.1) is 5.92 Å². The second-order valence-corrected chi connectivity index (χ2v) is 7.12. The summed E-state index contributed by atoms with van der Waals surface area (Å²) < 4.78 is 5.88. The fourth-order valence-electron chi connectivity index (χ4n) is 4.17. The molecule has 2 bridgehead atoms. The van der Waals surface area contributed by atoms with Crippen LogP contribution >= 0.6 is 0 Å². The molecule has 2 aliphatic heterocycles. The summed E-state index contributed by atoms with van der Waals surface area (Å²) in [6, 6.07) is 11.5. The standard InChI is InChI=1S/C19H24N2O2/c1-12(18-9-13-5-3-4-6-17(13)23-18)19(22)21(2)16-10-14-7-8-15(11-16)20-14/h3-6,9,12,14-16,20H,7-8,10-11H2,1-2H3. The topological polar surface area (TPSA) is 45.5 Å². The number of likely N-dealkylation sites (N-methyl/N-ethyl adjacent to an activating group) is 1. The third kappa shape index (κ3) is 2.65. The van der Waals surface area contributed by atoms with Crippen molar-refractivity contribution in [1.29, 1.82) is 0 Å². The average Bonchev–Trinajstić information content (AvgIpc) is 3.15. The third-order valence-corrected chi connectivity index (χ3v) is 5.59. The van der Waals surface area contributed by atoms with Gasteiger partial charge >= 0.3 is 0 Å². The van der Waals surface area contributed by atoms with E-state index in [9.17, 15) is 4.79 Å². The molecule has 2 aliphatic rings. The molecule has 1 N–H and O–H groups in total. The van der Waals surface area contributed by atoms with Crippen LogP contribution in [0, 0.1) is 0 Å². The van der Waals surface area contributed by atoms with Gasteiger partial charge in [0.15, 0.2) is 0 Å². The Bertz CT molecular complexity index is 678. The van der Waals surface area contributed by atoms with Crippen molar-refractivity contribution in [2.75, 3.05) is 7.05 Å². The van der Waals surface area contributed by atoms with E-state index in [0.717, 1.165) is 29.6 Å². The van der Waals surface area contributed by atoms with E-state index >= 15 is 0 Å². The first kappa shape index (κ1) is 14.8. The van der Waals surface area contributed by atoms with Gasteiger partial charge in [0, 0.05) is 30.6 Å². The molecule has 0 aliphatic carbocycles. The molecule has 0 radical (unpaired) electrons. The number of para-hydroxylation sites is 1. The smallest absolute Gasteiger partial charge is 0.233 e. The number of nitrogens with zero attached hydrogens (tertiary/aromatic N) is 1. The molecule has 23 heavy (non-hydrogen) atoms. The number of carbonyl (C=O) groups is 1. The molecule has 0 saturated carbocycles. The number of amides is 1. The fraction of sp³-hybridized carbons (Fsp3) is 0.526. The third-order valence-electron chi connectivity index (χ3n) is 5.59. The summed E-state index contributed by atoms with van der Waals surface area (Å²) in [7, 11) is 1.96. The van der Waals surface area contributed by atoms with Gasteiger partial charge in [-0.3, -0.25) is 4.79 Å². The first-order chi connectivity index (χ1) is 11.1. The number of hydrogen-bond donors (Lipinski definition) is 1. The number of hydrogen-bond acceptors (Lipinski definition) is 3. The van der Waals surface area contributed by atoms with Crippen molar-refractivity contribution < 1.29 is 9.21 Å². The molecule has 4 nitrogen and oxygen atoms in total. The van der Waals surface area contributed by atoms with E-state index in [2.05, 4.69) is 5.32 Å². The van der Waals surface area contributed by atoms with E-state index in [0.29, 0.717) is 18.1 Å². The molecule has 2 fully saturated rings. The van der Waals surface area contributed by atoms with Crippen LogP contribution in [0.4, 0.5) is 0 Å². The first-order valence-electron chi connectivity index (χ1n) is 8.63. The number of furan rings is 1. The van der Waals surface area contributed by atoms with Crippen molar-refractivity contribution in [3.8, 4) is 0 Å². The van der Waals surface area contributed by atoms with Gasteiger partial charge in [-0.15, -0.1) is 0 Å². The van der Waals surface area contributed by atoms with Crippen molar-refractivity contribution in [2.24, 2.45) is 0 Å². The zero-order valence-electron chi connectivity index (χ0n) is 13.8. The Hall–Kier alpha value is -1.81. The number of carbonyl (C=O) groups excluding carboxylic acids is 1. The van der Waals surface area contributed by atoms with E-state index < -0.39 is 0 Å². The average molecular weight is 312 g/mol. The lowest BCUT2D eigenvalue weighted by Gasteiger charge is -2.36. The fourth-order valence-corrected chi connectivity index (χ4v) is 4.17. The van der Waals surface area contributed by atoms with Gasteiger partial charge in [0.1, 0.15) is 11.3 Å². The van der Waals surface area contributed by atoms with Crippen LogP contribution in [0.25, 0.3) is 11.0 Å². The van der Waals surface area contributed by atoms with Crippen LogP contribution < -0.4 is 5.32 Å². The maximum absolute atomic E-state index is 12.9. The maximum Gasteiger partial charge on any atom is 0.233 e. The Kier molecular flexibility index (Phi) is 3.64. The van der Waals surface area contributed by atoms with E-state index in [4.69, 9.17) is 4.42 Å². The lowest BCUT2D eigenvalue weighted by Crippen LogP contribution is -2.49. The van der Waals surface area contributed by atoms with E-state index in [1.54, 1.807) is 0 Å². The van der Waals surface area contributed by atoms with Crippen molar-refractivity contribution in [1.82, 2.24) is 10.2 Å². The second-order valence-electron chi connectivity index (χ2n) is 7.12. The molecule has 0 spiro atoms. The van der Waals surface area contributed by atoms with E-state index in [-0.39, 0.29) is 11.8 Å². The van der Waals surface area contributed by atoms with Crippen molar-refractivity contribution in [3.05, 3.63) is 36.1 Å². The normalized spacial score (nSPS) is 28.0. The molecule has 1 aromatic carbocycles. The van der Waals surface area contributed by atoms with Gasteiger partial charge in [-0.2, -0.15) is 0 Å². The molecule has 2 saturated heterocycles. The number of nitrogens with one attached hydrogen (secondary N) is 1. The highest BCUT2D eigenvalue weighted by molar-refractivity contribution is 5.85. The van der Waals surface area contributed by atoms with Crippen LogP contribution in [0.15, 0.2) is 34.7 Å². The zero-order chi connectivity index (χ0) is 16.0. The summed E-state index contributed by atoms with van der Waals surface area (Å²) in [5, 5.41) is 4.70. The minimum absolute atomic E-state index is 0.162. The van der Waals surface area contributed by atoms with Gasteiger partial charge < -0.3 is 14.6 Å². The van der Waals surface area contributed by atoms with Crippen molar-refractivity contribution in [3.63, 3.8) is 0 Å². The van der Waals surface area contributed by atoms with Crippen LogP contribution in [-0.2, 0) is 4.79 Å². The highest BCUT2D eigenvalue weighted by Crippen LogP contribution is 2.31. The quantitative estimate of drug-likeness (QED) is 0.946. The SMILES string of the molecule is CC(C(=O)N(C)C1CC2CCC(C1)N2)c1cc2ccccc2o1. The zero-order valence-corrected chi connectivity index (χ0v) is 13.8. The largest absolute Gasteiger partial charge is 0.460 e. The van der Waals surface area contributed by atoms with Crippen LogP contribution in [0.2, 0.25) is 0 Å². The maximum atomic E-state index is 12.9. The van der Waals surface area contributed by atoms with Crippen LogP contribution in [0.1, 0.15) is 44.3 Å². The summed E-state index contributed by atoms with van der Waals surface area (Å²) in [5.41, 5.74) is 0.852. The van der Waals surface area contributed by atoms with E-state index in [1.165, 1.54) is 12.8 Å². The Morgan fingerprint density at radius 1 is 1.26 bits per heavy atom. The van der Waals surface area contributed by atoms with Crippen LogP contribution in [-0.4, -0.2) is 36.0 Å². The minimum atomic E-state index is -0.236. The molecule has 122 valence electrons. The van der Waals surface area contributed by atoms with Gasteiger partial charge in [-0.05, 0) is 44.7 Å². The number of rotatable bonds is 3.